The first-order chi connectivity index (χ1) is 10.5. The lowest BCUT2D eigenvalue weighted by atomic mass is 10.2. The number of aliphatic hydroxyl groups excluding tert-OH is 1. The smallest absolute Gasteiger partial charge is 0.249 e. The summed E-state index contributed by atoms with van der Waals surface area (Å²) in [6.07, 6.45) is 1.02. The highest BCUT2D eigenvalue weighted by Gasteiger charge is 2.34. The molecule has 1 aromatic carbocycles. The van der Waals surface area contributed by atoms with Gasteiger partial charge in [-0.25, -0.2) is 0 Å². The van der Waals surface area contributed by atoms with E-state index in [1.54, 1.807) is 0 Å². The number of fused-ring (bicyclic) bond motifs is 1. The molecular formula is C17H23ClN2O2. The number of aryl methyl sites for hydroxylation is 1. The summed E-state index contributed by atoms with van der Waals surface area (Å²) in [6, 6.07) is 5.86. The highest BCUT2D eigenvalue weighted by atomic mass is 35.5. The van der Waals surface area contributed by atoms with Gasteiger partial charge in [-0.3, -0.25) is 4.79 Å². The van der Waals surface area contributed by atoms with E-state index in [4.69, 9.17) is 11.6 Å². The van der Waals surface area contributed by atoms with Gasteiger partial charge in [-0.15, -0.1) is 0 Å². The molecule has 0 bridgehead atoms. The molecule has 0 spiro atoms. The summed E-state index contributed by atoms with van der Waals surface area (Å²) in [4.78, 5) is 15.0. The number of carbonyl (C=O) groups is 1. The fourth-order valence-electron chi connectivity index (χ4n) is 2.33. The van der Waals surface area contributed by atoms with Gasteiger partial charge in [-0.2, -0.15) is 0 Å². The number of aromatic amines is 1. The number of carbonyl (C=O) groups excluding carboxylic acids is 1. The van der Waals surface area contributed by atoms with E-state index in [-0.39, 0.29) is 11.8 Å². The van der Waals surface area contributed by atoms with E-state index in [1.807, 2.05) is 39.0 Å². The number of aliphatic hydroxyl groups is 1. The van der Waals surface area contributed by atoms with Crippen LogP contribution in [-0.4, -0.2) is 22.1 Å². The van der Waals surface area contributed by atoms with Crippen molar-refractivity contribution in [1.82, 2.24) is 10.3 Å². The second-order valence-corrected chi connectivity index (χ2v) is 5.89. The minimum Gasteiger partial charge on any atom is -0.383 e. The van der Waals surface area contributed by atoms with Crippen LogP contribution in [0, 0.1) is 12.8 Å². The molecule has 2 aromatic rings. The van der Waals surface area contributed by atoms with Crippen LogP contribution in [0.4, 0.5) is 0 Å². The molecule has 5 heteroatoms. The third-order valence-electron chi connectivity index (χ3n) is 3.75. The lowest BCUT2D eigenvalue weighted by Crippen LogP contribution is -2.35. The molecule has 0 radical (unpaired) electrons. The van der Waals surface area contributed by atoms with E-state index >= 15 is 0 Å². The van der Waals surface area contributed by atoms with Crippen LogP contribution in [0.25, 0.3) is 10.9 Å². The number of H-pyrrole nitrogens is 1. The van der Waals surface area contributed by atoms with E-state index in [0.29, 0.717) is 6.54 Å². The SMILES string of the molecule is CC.Cc1cc2[nH]c(CNC(=O)C(O)C3CC3)cc2cc1Cl. The van der Waals surface area contributed by atoms with Gasteiger partial charge >= 0.3 is 0 Å². The third kappa shape index (κ3) is 3.81. The van der Waals surface area contributed by atoms with Gasteiger partial charge in [0.1, 0.15) is 6.10 Å². The summed E-state index contributed by atoms with van der Waals surface area (Å²) in [5, 5.41) is 14.2. The zero-order valence-corrected chi connectivity index (χ0v) is 14.0. The van der Waals surface area contributed by atoms with Crippen molar-refractivity contribution >= 4 is 28.4 Å². The van der Waals surface area contributed by atoms with Crippen LogP contribution in [0.15, 0.2) is 18.2 Å². The Morgan fingerprint density at radius 2 is 2.09 bits per heavy atom. The quantitative estimate of drug-likeness (QED) is 0.806. The van der Waals surface area contributed by atoms with Gasteiger partial charge in [0.15, 0.2) is 0 Å². The molecular weight excluding hydrogens is 300 g/mol. The molecule has 1 saturated carbocycles. The molecule has 1 aliphatic rings. The Kier molecular flexibility index (Phi) is 5.48. The first-order valence-electron chi connectivity index (χ1n) is 7.78. The molecule has 1 amide bonds. The number of hydrogen-bond donors (Lipinski definition) is 3. The summed E-state index contributed by atoms with van der Waals surface area (Å²) < 4.78 is 0. The fraction of sp³-hybridized carbons (Fsp3) is 0.471. The molecule has 1 fully saturated rings. The Labute approximate surface area is 135 Å². The van der Waals surface area contributed by atoms with E-state index in [0.717, 1.165) is 40.0 Å². The zero-order valence-electron chi connectivity index (χ0n) is 13.2. The largest absolute Gasteiger partial charge is 0.383 e. The molecule has 1 atom stereocenters. The molecule has 3 N–H and O–H groups in total. The molecule has 4 nitrogen and oxygen atoms in total. The highest BCUT2D eigenvalue weighted by Crippen LogP contribution is 2.32. The number of aromatic nitrogens is 1. The molecule has 1 unspecified atom stereocenters. The fourth-order valence-corrected chi connectivity index (χ4v) is 2.50. The second-order valence-electron chi connectivity index (χ2n) is 5.48. The summed E-state index contributed by atoms with van der Waals surface area (Å²) >= 11 is 6.09. The number of halogens is 1. The van der Waals surface area contributed by atoms with Crippen molar-refractivity contribution < 1.29 is 9.90 Å². The maximum atomic E-state index is 11.7. The summed E-state index contributed by atoms with van der Waals surface area (Å²) in [5.74, 6) is -0.139. The molecule has 1 aliphatic carbocycles. The van der Waals surface area contributed by atoms with E-state index in [1.165, 1.54) is 0 Å². The first-order valence-corrected chi connectivity index (χ1v) is 8.16. The van der Waals surface area contributed by atoms with Crippen LogP contribution in [0.3, 0.4) is 0 Å². The van der Waals surface area contributed by atoms with Crippen LogP contribution >= 0.6 is 11.6 Å². The Hall–Kier alpha value is -1.52. The molecule has 120 valence electrons. The van der Waals surface area contributed by atoms with Crippen LogP contribution in [0.2, 0.25) is 5.02 Å². The Bertz CT molecular complexity index is 623. The zero-order chi connectivity index (χ0) is 16.3. The lowest BCUT2D eigenvalue weighted by molar-refractivity contribution is -0.130. The van der Waals surface area contributed by atoms with Gasteiger partial charge in [0.2, 0.25) is 5.91 Å². The minimum atomic E-state index is -0.865. The number of hydrogen-bond acceptors (Lipinski definition) is 2. The molecule has 3 rings (SSSR count). The molecule has 0 aliphatic heterocycles. The third-order valence-corrected chi connectivity index (χ3v) is 4.15. The summed E-state index contributed by atoms with van der Waals surface area (Å²) in [7, 11) is 0. The van der Waals surface area contributed by atoms with Gasteiger partial charge < -0.3 is 15.4 Å². The molecule has 1 heterocycles. The van der Waals surface area contributed by atoms with Crippen molar-refractivity contribution in [3.05, 3.63) is 34.5 Å². The van der Waals surface area contributed by atoms with E-state index in [2.05, 4.69) is 10.3 Å². The van der Waals surface area contributed by atoms with E-state index in [9.17, 15) is 9.90 Å². The van der Waals surface area contributed by atoms with Gasteiger partial charge in [-0.05, 0) is 49.4 Å². The normalized spacial score (nSPS) is 15.1. The van der Waals surface area contributed by atoms with Gasteiger partial charge in [-0.1, -0.05) is 25.4 Å². The van der Waals surface area contributed by atoms with Crippen molar-refractivity contribution in [3.63, 3.8) is 0 Å². The molecule has 22 heavy (non-hydrogen) atoms. The second kappa shape index (κ2) is 7.16. The Morgan fingerprint density at radius 3 is 2.73 bits per heavy atom. The van der Waals surface area contributed by atoms with Crippen molar-refractivity contribution in [3.8, 4) is 0 Å². The first kappa shape index (κ1) is 16.8. The average molecular weight is 323 g/mol. The van der Waals surface area contributed by atoms with Crippen molar-refractivity contribution in [2.24, 2.45) is 5.92 Å². The predicted octanol–water partition coefficient (Wildman–Crippen LogP) is 3.54. The van der Waals surface area contributed by atoms with Crippen LogP contribution in [0.1, 0.15) is 37.9 Å². The Balaban J connectivity index is 0.000000847. The van der Waals surface area contributed by atoms with Gasteiger partial charge in [0.25, 0.3) is 0 Å². The molecule has 1 aromatic heterocycles. The summed E-state index contributed by atoms with van der Waals surface area (Å²) in [6.45, 7) is 6.34. The van der Waals surface area contributed by atoms with Crippen LogP contribution in [0.5, 0.6) is 0 Å². The number of benzene rings is 1. The maximum absolute atomic E-state index is 11.7. The van der Waals surface area contributed by atoms with Gasteiger partial charge in [0.05, 0.1) is 6.54 Å². The lowest BCUT2D eigenvalue weighted by Gasteiger charge is -2.09. The van der Waals surface area contributed by atoms with E-state index < -0.39 is 6.10 Å². The summed E-state index contributed by atoms with van der Waals surface area (Å²) in [5.41, 5.74) is 2.91. The minimum absolute atomic E-state index is 0.152. The topological polar surface area (TPSA) is 65.1 Å². The standard InChI is InChI=1S/C15H17ClN2O2.C2H6/c1-8-4-13-10(6-12(8)16)5-11(18-13)7-17-15(20)14(19)9-2-3-9;1-2/h4-6,9,14,18-19H,2-3,7H2,1H3,(H,17,20);1-2H3. The van der Waals surface area contributed by atoms with Crippen LogP contribution in [-0.2, 0) is 11.3 Å². The number of nitrogens with one attached hydrogen (secondary N) is 2. The monoisotopic (exact) mass is 322 g/mol. The van der Waals surface area contributed by atoms with Crippen molar-refractivity contribution in [2.75, 3.05) is 0 Å². The van der Waals surface area contributed by atoms with Crippen molar-refractivity contribution in [2.45, 2.75) is 46.3 Å². The van der Waals surface area contributed by atoms with Gasteiger partial charge in [0, 0.05) is 21.6 Å². The predicted molar refractivity (Wildman–Crippen MR) is 90.0 cm³/mol. The maximum Gasteiger partial charge on any atom is 0.249 e. The highest BCUT2D eigenvalue weighted by molar-refractivity contribution is 6.32. The van der Waals surface area contributed by atoms with Crippen molar-refractivity contribution in [1.29, 1.82) is 0 Å². The molecule has 0 saturated heterocycles. The van der Waals surface area contributed by atoms with Crippen LogP contribution < -0.4 is 5.32 Å². The Morgan fingerprint density at radius 1 is 1.41 bits per heavy atom. The number of amides is 1. The average Bonchev–Trinajstić information content (AvgIpc) is 3.29. The number of rotatable bonds is 4.